The summed E-state index contributed by atoms with van der Waals surface area (Å²) < 4.78 is 0. The van der Waals surface area contributed by atoms with Crippen LogP contribution in [0, 0.1) is 0 Å². The number of aliphatic hydroxyl groups excluding tert-OH is 1. The molecule has 1 saturated heterocycles. The zero-order valence-corrected chi connectivity index (χ0v) is 17.1. The van der Waals surface area contributed by atoms with Crippen LogP contribution in [0.4, 0.5) is 5.00 Å². The van der Waals surface area contributed by atoms with E-state index in [1.54, 1.807) is 23.5 Å². The van der Waals surface area contributed by atoms with Crippen LogP contribution in [-0.4, -0.2) is 43.3 Å². The fraction of sp³-hybridized carbons (Fsp3) is 0.450. The predicted octanol–water partition coefficient (Wildman–Crippen LogP) is 3.66. The van der Waals surface area contributed by atoms with E-state index < -0.39 is 6.10 Å². The molecule has 0 radical (unpaired) electrons. The van der Waals surface area contributed by atoms with Gasteiger partial charge in [0.2, 0.25) is 0 Å². The summed E-state index contributed by atoms with van der Waals surface area (Å²) in [5, 5.41) is 21.3. The topological polar surface area (TPSA) is 59.9 Å². The molecule has 0 spiro atoms. The average molecular weight is 407 g/mol. The maximum absolute atomic E-state index is 10.4. The van der Waals surface area contributed by atoms with Gasteiger partial charge in [0.25, 0.3) is 0 Å². The molecular weight excluding hydrogens is 380 g/mol. The minimum absolute atomic E-state index is 0.311. The Morgan fingerprint density at radius 3 is 2.67 bits per heavy atom. The minimum Gasteiger partial charge on any atom is -0.386 e. The summed E-state index contributed by atoms with van der Waals surface area (Å²) in [6.45, 7) is 5.24. The van der Waals surface area contributed by atoms with Crippen molar-refractivity contribution in [3.05, 3.63) is 52.4 Å². The first kappa shape index (κ1) is 20.0. The number of aliphatic imine (C=N–C) groups is 1. The van der Waals surface area contributed by atoms with Crippen LogP contribution in [0.25, 0.3) is 0 Å². The molecule has 3 N–H and O–H groups in total. The van der Waals surface area contributed by atoms with E-state index in [0.717, 1.165) is 44.0 Å². The van der Waals surface area contributed by atoms with Crippen LogP contribution in [0.1, 0.15) is 31.4 Å². The molecule has 0 bridgehead atoms. The first-order chi connectivity index (χ1) is 13.2. The summed E-state index contributed by atoms with van der Waals surface area (Å²) in [6.07, 6.45) is 1.50. The van der Waals surface area contributed by atoms with Crippen LogP contribution >= 0.6 is 22.9 Å². The Morgan fingerprint density at radius 1 is 1.30 bits per heavy atom. The molecule has 0 amide bonds. The number of anilines is 1. The van der Waals surface area contributed by atoms with Crippen LogP contribution in [0.5, 0.6) is 0 Å². The normalized spacial score (nSPS) is 17.0. The van der Waals surface area contributed by atoms with Crippen molar-refractivity contribution in [2.24, 2.45) is 4.99 Å². The molecule has 1 atom stereocenters. The van der Waals surface area contributed by atoms with Gasteiger partial charge in [0, 0.05) is 30.7 Å². The highest BCUT2D eigenvalue weighted by Crippen LogP contribution is 2.24. The highest BCUT2D eigenvalue weighted by atomic mass is 35.5. The summed E-state index contributed by atoms with van der Waals surface area (Å²) in [6, 6.07) is 11.9. The number of nitrogens with one attached hydrogen (secondary N) is 2. The zero-order chi connectivity index (χ0) is 19.1. The number of rotatable bonds is 6. The second-order valence-corrected chi connectivity index (χ2v) is 8.01. The Morgan fingerprint density at radius 2 is 2.04 bits per heavy atom. The lowest BCUT2D eigenvalue weighted by molar-refractivity contribution is 0.187. The quantitative estimate of drug-likeness (QED) is 0.506. The van der Waals surface area contributed by atoms with Gasteiger partial charge in [-0.05, 0) is 55.0 Å². The lowest BCUT2D eigenvalue weighted by atomic mass is 10.1. The number of piperidine rings is 1. The average Bonchev–Trinajstić information content (AvgIpc) is 3.22. The number of hydrogen-bond acceptors (Lipinski definition) is 4. The summed E-state index contributed by atoms with van der Waals surface area (Å²) >= 11 is 7.70. The van der Waals surface area contributed by atoms with Crippen molar-refractivity contribution < 1.29 is 5.11 Å². The lowest BCUT2D eigenvalue weighted by Gasteiger charge is -2.33. The van der Waals surface area contributed by atoms with E-state index in [0.29, 0.717) is 17.6 Å². The van der Waals surface area contributed by atoms with Gasteiger partial charge in [-0.25, -0.2) is 0 Å². The first-order valence-electron chi connectivity index (χ1n) is 9.42. The molecule has 1 unspecified atom stereocenters. The van der Waals surface area contributed by atoms with Gasteiger partial charge < -0.3 is 20.6 Å². The summed E-state index contributed by atoms with van der Waals surface area (Å²) in [5.74, 6) is 0.764. The van der Waals surface area contributed by atoms with Crippen LogP contribution in [-0.2, 0) is 0 Å². The SMILES string of the molecule is CCNC(=NCC(O)c1ccc(Cl)cc1)NC1CCN(c2cccs2)CC1. The Kier molecular flexibility index (Phi) is 7.38. The van der Waals surface area contributed by atoms with Gasteiger partial charge in [-0.1, -0.05) is 23.7 Å². The highest BCUT2D eigenvalue weighted by Gasteiger charge is 2.20. The highest BCUT2D eigenvalue weighted by molar-refractivity contribution is 7.14. The maximum Gasteiger partial charge on any atom is 0.191 e. The Labute approximate surface area is 170 Å². The van der Waals surface area contributed by atoms with E-state index >= 15 is 0 Å². The predicted molar refractivity (Wildman–Crippen MR) is 115 cm³/mol. The van der Waals surface area contributed by atoms with Gasteiger partial charge in [0.1, 0.15) is 0 Å². The second kappa shape index (κ2) is 9.97. The molecule has 1 aliphatic heterocycles. The summed E-state index contributed by atoms with van der Waals surface area (Å²) in [7, 11) is 0. The Bertz CT molecular complexity index is 712. The van der Waals surface area contributed by atoms with Crippen LogP contribution in [0.3, 0.4) is 0 Å². The molecule has 5 nitrogen and oxygen atoms in total. The number of nitrogens with zero attached hydrogens (tertiary/aromatic N) is 2. The third-order valence-corrected chi connectivity index (χ3v) is 5.86. The molecule has 3 rings (SSSR count). The molecule has 0 saturated carbocycles. The Hall–Kier alpha value is -1.76. The molecule has 1 aromatic heterocycles. The molecule has 146 valence electrons. The summed E-state index contributed by atoms with van der Waals surface area (Å²) in [4.78, 5) is 7.02. The number of benzene rings is 1. The van der Waals surface area contributed by atoms with E-state index in [-0.39, 0.29) is 0 Å². The molecule has 1 aromatic carbocycles. The van der Waals surface area contributed by atoms with E-state index in [2.05, 4.69) is 38.0 Å². The minimum atomic E-state index is -0.640. The molecule has 1 fully saturated rings. The molecule has 27 heavy (non-hydrogen) atoms. The van der Waals surface area contributed by atoms with Crippen LogP contribution in [0.2, 0.25) is 5.02 Å². The number of guanidine groups is 1. The van der Waals surface area contributed by atoms with Crippen molar-refractivity contribution in [3.63, 3.8) is 0 Å². The van der Waals surface area contributed by atoms with Gasteiger partial charge >= 0.3 is 0 Å². The number of thiophene rings is 1. The fourth-order valence-electron chi connectivity index (χ4n) is 3.18. The van der Waals surface area contributed by atoms with Crippen molar-refractivity contribution in [1.29, 1.82) is 0 Å². The van der Waals surface area contributed by atoms with E-state index in [1.165, 1.54) is 5.00 Å². The number of halogens is 1. The number of hydrogen-bond donors (Lipinski definition) is 3. The molecular formula is C20H27ClN4OS. The number of aliphatic hydroxyl groups is 1. The maximum atomic E-state index is 10.4. The largest absolute Gasteiger partial charge is 0.386 e. The van der Waals surface area contributed by atoms with Gasteiger partial charge in [-0.15, -0.1) is 11.3 Å². The van der Waals surface area contributed by atoms with Gasteiger partial charge in [-0.2, -0.15) is 0 Å². The molecule has 0 aliphatic carbocycles. The van der Waals surface area contributed by atoms with E-state index in [9.17, 15) is 5.11 Å². The fourth-order valence-corrected chi connectivity index (χ4v) is 4.09. The third-order valence-electron chi connectivity index (χ3n) is 4.67. The van der Waals surface area contributed by atoms with Crippen molar-refractivity contribution in [1.82, 2.24) is 10.6 Å². The smallest absolute Gasteiger partial charge is 0.191 e. The van der Waals surface area contributed by atoms with Crippen molar-refractivity contribution in [3.8, 4) is 0 Å². The molecule has 2 heterocycles. The third kappa shape index (κ3) is 5.86. The molecule has 1 aliphatic rings. The standard InChI is InChI=1S/C20H27ClN4OS/c1-2-22-20(23-14-18(26)15-5-7-16(21)8-6-15)24-17-9-11-25(12-10-17)19-4-3-13-27-19/h3-8,13,17-18,26H,2,9-12,14H2,1H3,(H2,22,23,24). The molecule has 2 aromatic rings. The van der Waals surface area contributed by atoms with E-state index in [1.807, 2.05) is 19.1 Å². The van der Waals surface area contributed by atoms with Crippen LogP contribution in [0.15, 0.2) is 46.8 Å². The van der Waals surface area contributed by atoms with Crippen LogP contribution < -0.4 is 15.5 Å². The zero-order valence-electron chi connectivity index (χ0n) is 15.6. The van der Waals surface area contributed by atoms with Crippen molar-refractivity contribution in [2.75, 3.05) is 31.1 Å². The van der Waals surface area contributed by atoms with Gasteiger partial charge in [-0.3, -0.25) is 4.99 Å². The monoisotopic (exact) mass is 406 g/mol. The second-order valence-electron chi connectivity index (χ2n) is 6.64. The van der Waals surface area contributed by atoms with Gasteiger partial charge in [0.15, 0.2) is 5.96 Å². The van der Waals surface area contributed by atoms with Crippen molar-refractivity contribution >= 4 is 33.9 Å². The Balaban J connectivity index is 1.52. The first-order valence-corrected chi connectivity index (χ1v) is 10.7. The molecule has 7 heteroatoms. The van der Waals surface area contributed by atoms with E-state index in [4.69, 9.17) is 11.6 Å². The lowest BCUT2D eigenvalue weighted by Crippen LogP contribution is -2.48. The van der Waals surface area contributed by atoms with Crippen molar-refractivity contribution in [2.45, 2.75) is 31.9 Å². The van der Waals surface area contributed by atoms with Gasteiger partial charge in [0.05, 0.1) is 17.6 Å². The summed E-state index contributed by atoms with van der Waals surface area (Å²) in [5.41, 5.74) is 0.822.